The van der Waals surface area contributed by atoms with E-state index >= 15 is 0 Å². The molecular weight excluding hydrogens is 358 g/mol. The third-order valence-electron chi connectivity index (χ3n) is 4.25. The van der Waals surface area contributed by atoms with Gasteiger partial charge >= 0.3 is 0 Å². The van der Waals surface area contributed by atoms with Gasteiger partial charge in [0.2, 0.25) is 5.91 Å². The van der Waals surface area contributed by atoms with Crippen LogP contribution in [0.2, 0.25) is 0 Å². The molecule has 1 aliphatic heterocycles. The Labute approximate surface area is 163 Å². The zero-order valence-electron chi connectivity index (χ0n) is 15.8. The maximum atomic E-state index is 12.5. The molecule has 0 saturated heterocycles. The monoisotopic (exact) mass is 379 g/mol. The second kappa shape index (κ2) is 8.47. The number of hydrogen-bond acceptors (Lipinski definition) is 5. The normalized spacial score (nSPS) is 13.1. The van der Waals surface area contributed by atoms with Crippen molar-refractivity contribution in [3.63, 3.8) is 0 Å². The zero-order valence-corrected chi connectivity index (χ0v) is 15.8. The molecule has 0 radical (unpaired) electrons. The van der Waals surface area contributed by atoms with Gasteiger partial charge in [0.15, 0.2) is 12.4 Å². The lowest BCUT2D eigenvalue weighted by Crippen LogP contribution is -2.29. The molecule has 2 aromatic rings. The number of carbonyl (C=O) groups excluding carboxylic acids is 3. The van der Waals surface area contributed by atoms with Crippen LogP contribution in [0, 0.1) is 0 Å². The summed E-state index contributed by atoms with van der Waals surface area (Å²) >= 11 is 0. The lowest BCUT2D eigenvalue weighted by molar-refractivity contribution is -0.132. The van der Waals surface area contributed by atoms with Crippen LogP contribution in [0.3, 0.4) is 0 Å². The number of carbonyl (C=O) groups is 3. The van der Waals surface area contributed by atoms with Crippen LogP contribution in [0.1, 0.15) is 36.2 Å². The van der Waals surface area contributed by atoms with Gasteiger partial charge in [-0.05, 0) is 30.7 Å². The van der Waals surface area contributed by atoms with Crippen LogP contribution in [-0.4, -0.2) is 41.5 Å². The molecule has 7 nitrogen and oxygen atoms in total. The minimum absolute atomic E-state index is 0.137. The summed E-state index contributed by atoms with van der Waals surface area (Å²) in [5, 5.41) is 8.40. The van der Waals surface area contributed by atoms with Crippen molar-refractivity contribution in [3.05, 3.63) is 59.7 Å². The molecule has 0 atom stereocenters. The number of hydrogen-bond donors (Lipinski definition) is 1. The Bertz CT molecular complexity index is 938. The zero-order chi connectivity index (χ0) is 20.1. The number of hydrazone groups is 1. The van der Waals surface area contributed by atoms with Gasteiger partial charge in [0.1, 0.15) is 5.75 Å². The molecule has 144 valence electrons. The Balaban J connectivity index is 1.70. The van der Waals surface area contributed by atoms with Gasteiger partial charge in [-0.3, -0.25) is 14.4 Å². The summed E-state index contributed by atoms with van der Waals surface area (Å²) in [5.74, 6) is -0.443. The molecular formula is C21H21N3O4. The Morgan fingerprint density at radius 2 is 1.86 bits per heavy atom. The van der Waals surface area contributed by atoms with E-state index in [1.807, 2.05) is 30.3 Å². The first-order valence-corrected chi connectivity index (χ1v) is 8.92. The maximum Gasteiger partial charge on any atom is 0.280 e. The minimum atomic E-state index is -0.298. The maximum absolute atomic E-state index is 12.5. The van der Waals surface area contributed by atoms with E-state index in [9.17, 15) is 14.4 Å². The first-order chi connectivity index (χ1) is 13.4. The van der Waals surface area contributed by atoms with Crippen molar-refractivity contribution in [2.24, 2.45) is 5.10 Å². The van der Waals surface area contributed by atoms with E-state index < -0.39 is 0 Å². The van der Waals surface area contributed by atoms with E-state index in [-0.39, 0.29) is 30.0 Å². The van der Waals surface area contributed by atoms with Crippen molar-refractivity contribution in [3.8, 4) is 5.75 Å². The number of nitrogens with one attached hydrogen (secondary N) is 1. The molecule has 1 N–H and O–H groups in total. The second-order valence-electron chi connectivity index (χ2n) is 6.42. The predicted octanol–water partition coefficient (Wildman–Crippen LogP) is 2.86. The van der Waals surface area contributed by atoms with Crippen LogP contribution < -0.4 is 10.1 Å². The highest BCUT2D eigenvalue weighted by molar-refractivity contribution is 6.02. The summed E-state index contributed by atoms with van der Waals surface area (Å²) in [6.07, 6.45) is 0.673. The van der Waals surface area contributed by atoms with Gasteiger partial charge in [-0.25, -0.2) is 5.01 Å². The number of benzene rings is 2. The second-order valence-corrected chi connectivity index (χ2v) is 6.42. The lowest BCUT2D eigenvalue weighted by atomic mass is 10.1. The molecule has 28 heavy (non-hydrogen) atoms. The average Bonchev–Trinajstić information content (AvgIpc) is 3.17. The van der Waals surface area contributed by atoms with Crippen molar-refractivity contribution in [1.29, 1.82) is 0 Å². The Morgan fingerprint density at radius 1 is 1.11 bits per heavy atom. The molecule has 0 aromatic heterocycles. The van der Waals surface area contributed by atoms with Crippen molar-refractivity contribution >= 4 is 29.0 Å². The molecule has 2 amide bonds. The predicted molar refractivity (Wildman–Crippen MR) is 106 cm³/mol. The number of nitrogens with zero attached hydrogens (tertiary/aromatic N) is 2. The SMILES string of the molecule is CC(=O)Nc1ccc(C(C)=O)cc1OCC(=O)N1CCC(c2ccccc2)=N1. The number of anilines is 1. The highest BCUT2D eigenvalue weighted by Gasteiger charge is 2.22. The van der Waals surface area contributed by atoms with Gasteiger partial charge in [0, 0.05) is 18.9 Å². The van der Waals surface area contributed by atoms with Gasteiger partial charge in [-0.2, -0.15) is 5.10 Å². The van der Waals surface area contributed by atoms with Crippen molar-refractivity contribution in [2.45, 2.75) is 20.3 Å². The fourth-order valence-corrected chi connectivity index (χ4v) is 2.84. The third kappa shape index (κ3) is 4.62. The summed E-state index contributed by atoms with van der Waals surface area (Å²) < 4.78 is 5.62. The summed E-state index contributed by atoms with van der Waals surface area (Å²) in [4.78, 5) is 35.5. The van der Waals surface area contributed by atoms with Gasteiger partial charge in [-0.15, -0.1) is 0 Å². The van der Waals surface area contributed by atoms with Crippen LogP contribution in [-0.2, 0) is 9.59 Å². The number of ether oxygens (including phenoxy) is 1. The summed E-state index contributed by atoms with van der Waals surface area (Å²) in [5.41, 5.74) is 2.68. The Kier molecular flexibility index (Phi) is 5.84. The van der Waals surface area contributed by atoms with E-state index in [0.717, 1.165) is 11.3 Å². The number of rotatable bonds is 6. The molecule has 0 spiro atoms. The fraction of sp³-hybridized carbons (Fsp3) is 0.238. The third-order valence-corrected chi connectivity index (χ3v) is 4.25. The molecule has 7 heteroatoms. The smallest absolute Gasteiger partial charge is 0.280 e. The molecule has 0 saturated carbocycles. The van der Waals surface area contributed by atoms with E-state index in [1.165, 1.54) is 24.9 Å². The van der Waals surface area contributed by atoms with Gasteiger partial charge in [0.05, 0.1) is 17.9 Å². The first kappa shape index (κ1) is 19.3. The standard InChI is InChI=1S/C21H21N3O4/c1-14(25)17-8-9-19(22-15(2)26)20(12-17)28-13-21(27)24-11-10-18(23-24)16-6-4-3-5-7-16/h3-9,12H,10-11,13H2,1-2H3,(H,22,26). The molecule has 3 rings (SSSR count). The lowest BCUT2D eigenvalue weighted by Gasteiger charge is -2.15. The number of ketones is 1. The van der Waals surface area contributed by atoms with Crippen LogP contribution in [0.4, 0.5) is 5.69 Å². The molecule has 0 fully saturated rings. The van der Waals surface area contributed by atoms with Crippen LogP contribution in [0.25, 0.3) is 0 Å². The molecule has 2 aromatic carbocycles. The molecule has 1 aliphatic rings. The van der Waals surface area contributed by atoms with Crippen molar-refractivity contribution in [1.82, 2.24) is 5.01 Å². The number of Topliss-reactive ketones (excluding diaryl/α,β-unsaturated/α-hetero) is 1. The summed E-state index contributed by atoms with van der Waals surface area (Å²) in [7, 11) is 0. The summed E-state index contributed by atoms with van der Waals surface area (Å²) in [6.45, 7) is 3.04. The van der Waals surface area contributed by atoms with Crippen LogP contribution >= 0.6 is 0 Å². The van der Waals surface area contributed by atoms with Crippen LogP contribution in [0.15, 0.2) is 53.6 Å². The van der Waals surface area contributed by atoms with Crippen molar-refractivity contribution < 1.29 is 19.1 Å². The average molecular weight is 379 g/mol. The molecule has 0 aliphatic carbocycles. The van der Waals surface area contributed by atoms with Gasteiger partial charge in [0.25, 0.3) is 5.91 Å². The Morgan fingerprint density at radius 3 is 2.54 bits per heavy atom. The topological polar surface area (TPSA) is 88.1 Å². The first-order valence-electron chi connectivity index (χ1n) is 8.92. The van der Waals surface area contributed by atoms with E-state index in [1.54, 1.807) is 12.1 Å². The van der Waals surface area contributed by atoms with E-state index in [0.29, 0.717) is 24.2 Å². The van der Waals surface area contributed by atoms with E-state index in [2.05, 4.69) is 10.4 Å². The number of amides is 2. The Hall–Kier alpha value is -3.48. The quantitative estimate of drug-likeness (QED) is 0.782. The summed E-state index contributed by atoms with van der Waals surface area (Å²) in [6, 6.07) is 14.4. The fourth-order valence-electron chi connectivity index (χ4n) is 2.84. The molecule has 0 unspecified atom stereocenters. The highest BCUT2D eigenvalue weighted by Crippen LogP contribution is 2.26. The molecule has 0 bridgehead atoms. The van der Waals surface area contributed by atoms with Crippen molar-refractivity contribution in [2.75, 3.05) is 18.5 Å². The van der Waals surface area contributed by atoms with Gasteiger partial charge in [-0.1, -0.05) is 30.3 Å². The van der Waals surface area contributed by atoms with E-state index in [4.69, 9.17) is 4.74 Å². The largest absolute Gasteiger partial charge is 0.481 e. The minimum Gasteiger partial charge on any atom is -0.481 e. The molecule has 1 heterocycles. The van der Waals surface area contributed by atoms with Gasteiger partial charge < -0.3 is 10.1 Å². The highest BCUT2D eigenvalue weighted by atomic mass is 16.5. The van der Waals surface area contributed by atoms with Crippen LogP contribution in [0.5, 0.6) is 5.75 Å².